The lowest BCUT2D eigenvalue weighted by atomic mass is 10.2. The van der Waals surface area contributed by atoms with Gasteiger partial charge in [0, 0.05) is 18.1 Å². The summed E-state index contributed by atoms with van der Waals surface area (Å²) in [4.78, 5) is 14.0. The van der Waals surface area contributed by atoms with Gasteiger partial charge in [-0.15, -0.1) is 5.10 Å². The molecule has 21 heavy (non-hydrogen) atoms. The molecule has 0 N–H and O–H groups in total. The number of hydrogen-bond donors (Lipinski definition) is 0. The first-order valence-corrected chi connectivity index (χ1v) is 7.12. The van der Waals surface area contributed by atoms with Crippen molar-refractivity contribution in [3.8, 4) is 0 Å². The number of benzene rings is 1. The molecule has 1 aromatic carbocycles. The van der Waals surface area contributed by atoms with E-state index in [1.54, 1.807) is 15.8 Å². The molecule has 1 aliphatic rings. The van der Waals surface area contributed by atoms with Crippen LogP contribution in [0.3, 0.4) is 0 Å². The maximum atomic E-state index is 12.3. The topological polar surface area (TPSA) is 60.2 Å². The molecule has 1 aromatic heterocycles. The molecule has 0 unspecified atom stereocenters. The second kappa shape index (κ2) is 6.24. The Bertz CT molecular complexity index is 637. The third-order valence-corrected chi connectivity index (χ3v) is 3.71. The van der Waals surface area contributed by atoms with Crippen LogP contribution < -0.4 is 0 Å². The van der Waals surface area contributed by atoms with Crippen LogP contribution in [0.5, 0.6) is 0 Å². The third kappa shape index (κ3) is 3.22. The number of ether oxygens (including phenoxy) is 1. The monoisotopic (exact) mass is 306 g/mol. The highest BCUT2D eigenvalue weighted by Gasteiger charge is 2.21. The van der Waals surface area contributed by atoms with Gasteiger partial charge in [0.25, 0.3) is 5.91 Å². The molecule has 2 aromatic rings. The van der Waals surface area contributed by atoms with E-state index in [9.17, 15) is 4.79 Å². The van der Waals surface area contributed by atoms with E-state index in [1.165, 1.54) is 0 Å². The summed E-state index contributed by atoms with van der Waals surface area (Å²) in [5.74, 6) is -0.108. The second-order valence-electron chi connectivity index (χ2n) is 4.80. The van der Waals surface area contributed by atoms with Crippen molar-refractivity contribution in [3.63, 3.8) is 0 Å². The van der Waals surface area contributed by atoms with Gasteiger partial charge in [-0.25, -0.2) is 4.68 Å². The number of carbonyl (C=O) groups is 1. The molecule has 7 heteroatoms. The van der Waals surface area contributed by atoms with Gasteiger partial charge in [0.1, 0.15) is 0 Å². The molecule has 0 bridgehead atoms. The Morgan fingerprint density at radius 2 is 2.05 bits per heavy atom. The average Bonchev–Trinajstić information content (AvgIpc) is 2.98. The van der Waals surface area contributed by atoms with Gasteiger partial charge in [-0.1, -0.05) is 35.0 Å². The van der Waals surface area contributed by atoms with E-state index in [-0.39, 0.29) is 5.91 Å². The molecule has 0 aliphatic carbocycles. The molecule has 0 radical (unpaired) electrons. The van der Waals surface area contributed by atoms with Crippen LogP contribution in [0.15, 0.2) is 30.5 Å². The van der Waals surface area contributed by atoms with Gasteiger partial charge in [0.05, 0.1) is 26.0 Å². The van der Waals surface area contributed by atoms with E-state index < -0.39 is 0 Å². The van der Waals surface area contributed by atoms with E-state index in [4.69, 9.17) is 16.3 Å². The van der Waals surface area contributed by atoms with Crippen molar-refractivity contribution in [3.05, 3.63) is 46.7 Å². The van der Waals surface area contributed by atoms with Crippen LogP contribution in [0.4, 0.5) is 0 Å². The summed E-state index contributed by atoms with van der Waals surface area (Å²) in [6.07, 6.45) is 1.65. The van der Waals surface area contributed by atoms with Crippen LogP contribution in [0, 0.1) is 0 Å². The number of nitrogens with zero attached hydrogens (tertiary/aromatic N) is 4. The minimum Gasteiger partial charge on any atom is -0.378 e. The molecule has 1 aliphatic heterocycles. The van der Waals surface area contributed by atoms with Crippen LogP contribution in [-0.4, -0.2) is 52.1 Å². The summed E-state index contributed by atoms with van der Waals surface area (Å²) >= 11 is 6.11. The predicted octanol–water partition coefficient (Wildman–Crippen LogP) is 1.45. The molecule has 110 valence electrons. The summed E-state index contributed by atoms with van der Waals surface area (Å²) in [6, 6.07) is 7.54. The number of aromatic nitrogens is 3. The largest absolute Gasteiger partial charge is 0.378 e. The van der Waals surface area contributed by atoms with E-state index in [0.29, 0.717) is 43.6 Å². The van der Waals surface area contributed by atoms with Crippen molar-refractivity contribution in [2.45, 2.75) is 6.54 Å². The van der Waals surface area contributed by atoms with E-state index >= 15 is 0 Å². The van der Waals surface area contributed by atoms with Gasteiger partial charge in [-0.05, 0) is 11.6 Å². The fraction of sp³-hybridized carbons (Fsp3) is 0.357. The van der Waals surface area contributed by atoms with E-state index in [2.05, 4.69) is 10.3 Å². The fourth-order valence-corrected chi connectivity index (χ4v) is 2.40. The van der Waals surface area contributed by atoms with Crippen molar-refractivity contribution in [1.82, 2.24) is 19.9 Å². The van der Waals surface area contributed by atoms with E-state index in [0.717, 1.165) is 5.56 Å². The molecule has 0 atom stereocenters. The molecular weight excluding hydrogens is 292 g/mol. The second-order valence-corrected chi connectivity index (χ2v) is 5.20. The minimum absolute atomic E-state index is 0.108. The lowest BCUT2D eigenvalue weighted by Gasteiger charge is -2.25. The van der Waals surface area contributed by atoms with Crippen molar-refractivity contribution in [1.29, 1.82) is 0 Å². The quantitative estimate of drug-likeness (QED) is 0.861. The standard InChI is InChI=1S/C14H15ClN4O2/c15-12-4-2-1-3-11(12)9-19-10-13(16-17-19)14(20)18-5-7-21-8-6-18/h1-4,10H,5-9H2. The Morgan fingerprint density at radius 1 is 1.29 bits per heavy atom. The number of rotatable bonds is 3. The maximum Gasteiger partial charge on any atom is 0.276 e. The lowest BCUT2D eigenvalue weighted by Crippen LogP contribution is -2.40. The van der Waals surface area contributed by atoms with Crippen LogP contribution in [0.25, 0.3) is 0 Å². The zero-order chi connectivity index (χ0) is 14.7. The van der Waals surface area contributed by atoms with E-state index in [1.807, 2.05) is 24.3 Å². The first kappa shape index (κ1) is 14.0. The van der Waals surface area contributed by atoms with Gasteiger partial charge in [-0.2, -0.15) is 0 Å². The summed E-state index contributed by atoms with van der Waals surface area (Å²) in [7, 11) is 0. The Labute approximate surface area is 127 Å². The Hall–Kier alpha value is -1.92. The van der Waals surface area contributed by atoms with Gasteiger partial charge in [0.2, 0.25) is 0 Å². The smallest absolute Gasteiger partial charge is 0.276 e. The van der Waals surface area contributed by atoms with Gasteiger partial charge >= 0.3 is 0 Å². The fourth-order valence-electron chi connectivity index (χ4n) is 2.20. The van der Waals surface area contributed by atoms with Crippen LogP contribution in [-0.2, 0) is 11.3 Å². The minimum atomic E-state index is -0.108. The molecule has 1 saturated heterocycles. The van der Waals surface area contributed by atoms with Crippen LogP contribution in [0.1, 0.15) is 16.1 Å². The Morgan fingerprint density at radius 3 is 2.81 bits per heavy atom. The van der Waals surface area contributed by atoms with Crippen molar-refractivity contribution in [2.75, 3.05) is 26.3 Å². The van der Waals surface area contributed by atoms with Gasteiger partial charge < -0.3 is 9.64 Å². The maximum absolute atomic E-state index is 12.3. The summed E-state index contributed by atoms with van der Waals surface area (Å²) < 4.78 is 6.85. The SMILES string of the molecule is O=C(c1cn(Cc2ccccc2Cl)nn1)N1CCOCC1. The summed E-state index contributed by atoms with van der Waals surface area (Å²) in [5, 5.41) is 8.63. The number of halogens is 1. The Balaban J connectivity index is 1.71. The first-order valence-electron chi connectivity index (χ1n) is 6.74. The molecular formula is C14H15ClN4O2. The van der Waals surface area contributed by atoms with Crippen molar-refractivity contribution in [2.24, 2.45) is 0 Å². The predicted molar refractivity (Wildman–Crippen MR) is 77.3 cm³/mol. The van der Waals surface area contributed by atoms with Crippen LogP contribution in [0.2, 0.25) is 5.02 Å². The molecule has 2 heterocycles. The number of amides is 1. The van der Waals surface area contributed by atoms with Gasteiger partial charge in [-0.3, -0.25) is 4.79 Å². The van der Waals surface area contributed by atoms with Crippen molar-refractivity contribution >= 4 is 17.5 Å². The average molecular weight is 307 g/mol. The normalized spacial score (nSPS) is 15.2. The molecule has 6 nitrogen and oxygen atoms in total. The zero-order valence-electron chi connectivity index (χ0n) is 11.4. The number of carbonyl (C=O) groups excluding carboxylic acids is 1. The highest BCUT2D eigenvalue weighted by atomic mass is 35.5. The van der Waals surface area contributed by atoms with Gasteiger partial charge in [0.15, 0.2) is 5.69 Å². The molecule has 3 rings (SSSR count). The molecule has 1 amide bonds. The lowest BCUT2D eigenvalue weighted by molar-refractivity contribution is 0.0299. The van der Waals surface area contributed by atoms with Crippen molar-refractivity contribution < 1.29 is 9.53 Å². The number of morpholine rings is 1. The molecule has 0 saturated carbocycles. The number of hydrogen-bond acceptors (Lipinski definition) is 4. The Kier molecular flexibility index (Phi) is 4.17. The third-order valence-electron chi connectivity index (χ3n) is 3.35. The highest BCUT2D eigenvalue weighted by Crippen LogP contribution is 2.16. The summed E-state index contributed by atoms with van der Waals surface area (Å²) in [6.45, 7) is 2.81. The molecule has 1 fully saturated rings. The molecule has 0 spiro atoms. The highest BCUT2D eigenvalue weighted by molar-refractivity contribution is 6.31. The summed E-state index contributed by atoms with van der Waals surface area (Å²) in [5.41, 5.74) is 1.29. The first-order chi connectivity index (χ1) is 10.2. The zero-order valence-corrected chi connectivity index (χ0v) is 12.2. The van der Waals surface area contributed by atoms with Crippen LogP contribution >= 0.6 is 11.6 Å².